The SMILES string of the molecule is CC(=O)c1ccc(Nc2cc(F)cc(F)c2F)cc1N. The van der Waals surface area contributed by atoms with E-state index >= 15 is 0 Å². The lowest BCUT2D eigenvalue weighted by Crippen LogP contribution is -2.02. The zero-order valence-corrected chi connectivity index (χ0v) is 10.5. The molecule has 0 radical (unpaired) electrons. The van der Waals surface area contributed by atoms with E-state index in [1.165, 1.54) is 25.1 Å². The van der Waals surface area contributed by atoms with Gasteiger partial charge in [0.1, 0.15) is 5.82 Å². The van der Waals surface area contributed by atoms with Crippen molar-refractivity contribution in [3.63, 3.8) is 0 Å². The van der Waals surface area contributed by atoms with Crippen LogP contribution in [0.25, 0.3) is 0 Å². The van der Waals surface area contributed by atoms with Crippen molar-refractivity contribution in [2.45, 2.75) is 6.92 Å². The summed E-state index contributed by atoms with van der Waals surface area (Å²) in [4.78, 5) is 11.2. The molecule has 0 aromatic heterocycles. The molecule has 0 aliphatic rings. The number of benzene rings is 2. The second-order valence-electron chi connectivity index (χ2n) is 4.23. The van der Waals surface area contributed by atoms with E-state index in [0.717, 1.165) is 6.07 Å². The molecule has 0 aliphatic heterocycles. The number of halogens is 3. The van der Waals surface area contributed by atoms with E-state index in [1.807, 2.05) is 0 Å². The first-order valence-electron chi connectivity index (χ1n) is 5.70. The van der Waals surface area contributed by atoms with E-state index in [9.17, 15) is 18.0 Å². The average molecular weight is 280 g/mol. The van der Waals surface area contributed by atoms with Crippen molar-refractivity contribution in [1.29, 1.82) is 0 Å². The molecule has 0 spiro atoms. The monoisotopic (exact) mass is 280 g/mol. The molecule has 0 fully saturated rings. The molecule has 0 aliphatic carbocycles. The third kappa shape index (κ3) is 2.74. The van der Waals surface area contributed by atoms with Crippen molar-refractivity contribution in [3.05, 3.63) is 53.3 Å². The second kappa shape index (κ2) is 5.24. The molecule has 0 saturated heterocycles. The first kappa shape index (κ1) is 13.9. The van der Waals surface area contributed by atoms with Crippen LogP contribution in [0.4, 0.5) is 30.2 Å². The lowest BCUT2D eigenvalue weighted by molar-refractivity contribution is 0.101. The lowest BCUT2D eigenvalue weighted by Gasteiger charge is -2.10. The van der Waals surface area contributed by atoms with Crippen molar-refractivity contribution in [2.24, 2.45) is 0 Å². The molecule has 0 unspecified atom stereocenters. The van der Waals surface area contributed by atoms with Gasteiger partial charge in [0.2, 0.25) is 0 Å². The Balaban J connectivity index is 2.36. The van der Waals surface area contributed by atoms with Crippen LogP contribution in [0, 0.1) is 17.5 Å². The summed E-state index contributed by atoms with van der Waals surface area (Å²) >= 11 is 0. The van der Waals surface area contributed by atoms with Gasteiger partial charge in [0.15, 0.2) is 17.4 Å². The van der Waals surface area contributed by atoms with E-state index in [-0.39, 0.29) is 17.2 Å². The maximum atomic E-state index is 13.5. The Morgan fingerprint density at radius 3 is 2.45 bits per heavy atom. The molecule has 0 bridgehead atoms. The average Bonchev–Trinajstić information content (AvgIpc) is 2.35. The summed E-state index contributed by atoms with van der Waals surface area (Å²) in [6.45, 7) is 1.36. The van der Waals surface area contributed by atoms with Gasteiger partial charge in [0.05, 0.1) is 5.69 Å². The fourth-order valence-electron chi connectivity index (χ4n) is 1.76. The molecule has 3 N–H and O–H groups in total. The van der Waals surface area contributed by atoms with Crippen molar-refractivity contribution in [2.75, 3.05) is 11.1 Å². The molecule has 20 heavy (non-hydrogen) atoms. The van der Waals surface area contributed by atoms with E-state index in [1.54, 1.807) is 0 Å². The summed E-state index contributed by atoms with van der Waals surface area (Å²) < 4.78 is 39.6. The third-order valence-corrected chi connectivity index (χ3v) is 2.70. The number of Topliss-reactive ketones (excluding diaryl/α,β-unsaturated/α-hetero) is 1. The Labute approximate surface area is 113 Å². The number of hydrogen-bond donors (Lipinski definition) is 2. The number of rotatable bonds is 3. The largest absolute Gasteiger partial charge is 0.398 e. The highest BCUT2D eigenvalue weighted by Crippen LogP contribution is 2.25. The molecule has 0 amide bonds. The van der Waals surface area contributed by atoms with Gasteiger partial charge in [0.25, 0.3) is 0 Å². The predicted molar refractivity (Wildman–Crippen MR) is 70.5 cm³/mol. The van der Waals surface area contributed by atoms with Crippen LogP contribution in [-0.2, 0) is 0 Å². The number of hydrogen-bond acceptors (Lipinski definition) is 3. The first-order chi connectivity index (χ1) is 9.38. The molecule has 2 aromatic carbocycles. The van der Waals surface area contributed by atoms with Crippen LogP contribution in [0.3, 0.4) is 0 Å². The first-order valence-corrected chi connectivity index (χ1v) is 5.70. The highest BCUT2D eigenvalue weighted by molar-refractivity contribution is 5.99. The fourth-order valence-corrected chi connectivity index (χ4v) is 1.76. The van der Waals surface area contributed by atoms with Crippen LogP contribution in [-0.4, -0.2) is 5.78 Å². The molecule has 0 atom stereocenters. The number of carbonyl (C=O) groups excluding carboxylic acids is 1. The van der Waals surface area contributed by atoms with Gasteiger partial charge in [-0.2, -0.15) is 0 Å². The van der Waals surface area contributed by atoms with Gasteiger partial charge in [-0.3, -0.25) is 4.79 Å². The number of nitrogens with two attached hydrogens (primary N) is 1. The molecule has 2 rings (SSSR count). The van der Waals surface area contributed by atoms with Crippen molar-refractivity contribution < 1.29 is 18.0 Å². The predicted octanol–water partition coefficient (Wildman–Crippen LogP) is 3.63. The molecule has 6 heteroatoms. The van der Waals surface area contributed by atoms with Crippen molar-refractivity contribution in [3.8, 4) is 0 Å². The van der Waals surface area contributed by atoms with Gasteiger partial charge in [-0.25, -0.2) is 13.2 Å². The third-order valence-electron chi connectivity index (χ3n) is 2.70. The molecule has 2 aromatic rings. The minimum absolute atomic E-state index is 0.194. The highest BCUT2D eigenvalue weighted by atomic mass is 19.2. The minimum Gasteiger partial charge on any atom is -0.398 e. The Hall–Kier alpha value is -2.50. The molecular weight excluding hydrogens is 269 g/mol. The van der Waals surface area contributed by atoms with Crippen LogP contribution in [0.1, 0.15) is 17.3 Å². The second-order valence-corrected chi connectivity index (χ2v) is 4.23. The summed E-state index contributed by atoms with van der Waals surface area (Å²) in [6.07, 6.45) is 0. The molecule has 104 valence electrons. The molecule has 0 heterocycles. The van der Waals surface area contributed by atoms with E-state index in [2.05, 4.69) is 5.32 Å². The number of nitrogens with one attached hydrogen (secondary N) is 1. The smallest absolute Gasteiger partial charge is 0.182 e. The maximum Gasteiger partial charge on any atom is 0.182 e. The molecule has 0 saturated carbocycles. The minimum atomic E-state index is -1.29. The Morgan fingerprint density at radius 1 is 1.15 bits per heavy atom. The molecular formula is C14H11F3N2O. The van der Waals surface area contributed by atoms with Crippen LogP contribution in [0.2, 0.25) is 0 Å². The number of nitrogen functional groups attached to an aromatic ring is 1. The lowest BCUT2D eigenvalue weighted by atomic mass is 10.1. The fraction of sp³-hybridized carbons (Fsp3) is 0.0714. The molecule has 3 nitrogen and oxygen atoms in total. The summed E-state index contributed by atoms with van der Waals surface area (Å²) in [5, 5.41) is 2.51. The Morgan fingerprint density at radius 2 is 1.85 bits per heavy atom. The zero-order chi connectivity index (χ0) is 14.9. The summed E-state index contributed by atoms with van der Waals surface area (Å²) in [5.74, 6) is -3.60. The zero-order valence-electron chi connectivity index (χ0n) is 10.5. The van der Waals surface area contributed by atoms with Gasteiger partial charge in [-0.15, -0.1) is 0 Å². The summed E-state index contributed by atoms with van der Waals surface area (Å²) in [7, 11) is 0. The van der Waals surface area contributed by atoms with Crippen LogP contribution >= 0.6 is 0 Å². The summed E-state index contributed by atoms with van der Waals surface area (Å²) in [5.41, 5.74) is 6.15. The maximum absolute atomic E-state index is 13.5. The van der Waals surface area contributed by atoms with Crippen LogP contribution < -0.4 is 11.1 Å². The number of carbonyl (C=O) groups is 1. The van der Waals surface area contributed by atoms with E-state index in [0.29, 0.717) is 17.3 Å². The summed E-state index contributed by atoms with van der Waals surface area (Å²) in [6, 6.07) is 5.59. The van der Waals surface area contributed by atoms with Gasteiger partial charge in [-0.05, 0) is 25.1 Å². The quantitative estimate of drug-likeness (QED) is 0.513. The number of anilines is 3. The van der Waals surface area contributed by atoms with Gasteiger partial charge < -0.3 is 11.1 Å². The standard InChI is InChI=1S/C14H11F3N2O/c1-7(20)10-3-2-9(6-12(10)18)19-13-5-8(15)4-11(16)14(13)17/h2-6,19H,18H2,1H3. The normalized spacial score (nSPS) is 10.4. The number of ketones is 1. The highest BCUT2D eigenvalue weighted by Gasteiger charge is 2.12. The van der Waals surface area contributed by atoms with Crippen molar-refractivity contribution in [1.82, 2.24) is 0 Å². The van der Waals surface area contributed by atoms with Crippen LogP contribution in [0.15, 0.2) is 30.3 Å². The van der Waals surface area contributed by atoms with Gasteiger partial charge >= 0.3 is 0 Å². The van der Waals surface area contributed by atoms with Gasteiger partial charge in [-0.1, -0.05) is 0 Å². The van der Waals surface area contributed by atoms with Crippen molar-refractivity contribution >= 4 is 22.8 Å². The van der Waals surface area contributed by atoms with Crippen LogP contribution in [0.5, 0.6) is 0 Å². The Kier molecular flexibility index (Phi) is 3.65. The van der Waals surface area contributed by atoms with Gasteiger partial charge in [0, 0.05) is 29.1 Å². The Bertz CT molecular complexity index is 686. The topological polar surface area (TPSA) is 55.1 Å². The van der Waals surface area contributed by atoms with E-state index < -0.39 is 17.5 Å². The van der Waals surface area contributed by atoms with E-state index in [4.69, 9.17) is 5.73 Å².